The number of hydrogen-bond donors (Lipinski definition) is 4. The van der Waals surface area contributed by atoms with Crippen LogP contribution < -0.4 is 10.6 Å². The van der Waals surface area contributed by atoms with Gasteiger partial charge in [0.05, 0.1) is 0 Å². The van der Waals surface area contributed by atoms with Gasteiger partial charge in [0.2, 0.25) is 5.91 Å². The fourth-order valence-corrected chi connectivity index (χ4v) is 3.59. The Balaban J connectivity index is 0.000000366. The van der Waals surface area contributed by atoms with E-state index < -0.39 is 11.9 Å². The first-order chi connectivity index (χ1) is 14.9. The number of hydrogen-bond acceptors (Lipinski definition) is 4. The van der Waals surface area contributed by atoms with Crippen LogP contribution in [0.25, 0.3) is 0 Å². The van der Waals surface area contributed by atoms with Crippen molar-refractivity contribution in [3.8, 4) is 0 Å². The summed E-state index contributed by atoms with van der Waals surface area (Å²) in [6, 6.07) is 21.3. The van der Waals surface area contributed by atoms with Gasteiger partial charge in [-0.05, 0) is 35.9 Å². The molecule has 2 aromatic carbocycles. The minimum Gasteiger partial charge on any atom is -0.478 e. The van der Waals surface area contributed by atoms with Crippen molar-refractivity contribution in [2.24, 2.45) is 5.92 Å². The van der Waals surface area contributed by atoms with Gasteiger partial charge >= 0.3 is 11.9 Å². The van der Waals surface area contributed by atoms with Crippen LogP contribution in [-0.2, 0) is 14.4 Å². The summed E-state index contributed by atoms with van der Waals surface area (Å²) in [5.41, 5.74) is 2.74. The number of amides is 1. The Bertz CT molecular complexity index is 822. The van der Waals surface area contributed by atoms with E-state index in [2.05, 4.69) is 71.3 Å². The lowest BCUT2D eigenvalue weighted by Crippen LogP contribution is -2.28. The van der Waals surface area contributed by atoms with Crippen LogP contribution in [0.4, 0.5) is 0 Å². The van der Waals surface area contributed by atoms with Crippen LogP contribution in [0.2, 0.25) is 0 Å². The molecule has 7 heteroatoms. The molecule has 0 spiro atoms. The lowest BCUT2D eigenvalue weighted by Gasteiger charge is -2.05. The van der Waals surface area contributed by atoms with Gasteiger partial charge < -0.3 is 20.8 Å². The maximum absolute atomic E-state index is 11.9. The molecule has 1 aliphatic carbocycles. The fourth-order valence-electron chi connectivity index (χ4n) is 3.59. The van der Waals surface area contributed by atoms with Gasteiger partial charge in [-0.25, -0.2) is 9.59 Å². The van der Waals surface area contributed by atoms with Gasteiger partial charge in [0.1, 0.15) is 0 Å². The third-order valence-electron chi connectivity index (χ3n) is 5.04. The fraction of sp³-hybridized carbons (Fsp3) is 0.292. The lowest BCUT2D eigenvalue weighted by atomic mass is 10.0. The highest BCUT2D eigenvalue weighted by Crippen LogP contribution is 2.60. The maximum Gasteiger partial charge on any atom is 0.328 e. The van der Waals surface area contributed by atoms with Crippen molar-refractivity contribution in [3.05, 3.63) is 83.9 Å². The van der Waals surface area contributed by atoms with Crippen molar-refractivity contribution < 1.29 is 24.6 Å². The molecule has 0 heterocycles. The number of benzene rings is 2. The van der Waals surface area contributed by atoms with Crippen LogP contribution in [-0.4, -0.2) is 48.2 Å². The second-order valence-corrected chi connectivity index (χ2v) is 7.20. The number of carboxylic acids is 2. The monoisotopic (exact) mass is 424 g/mol. The summed E-state index contributed by atoms with van der Waals surface area (Å²) < 4.78 is 0. The Morgan fingerprint density at radius 2 is 1.29 bits per heavy atom. The molecule has 4 N–H and O–H groups in total. The number of carbonyl (C=O) groups is 3. The van der Waals surface area contributed by atoms with Gasteiger partial charge in [0.25, 0.3) is 0 Å². The second kappa shape index (κ2) is 12.3. The number of carbonyl (C=O) groups excluding carboxylic acids is 1. The van der Waals surface area contributed by atoms with E-state index in [1.807, 2.05) is 7.05 Å². The molecule has 1 aliphatic rings. The highest BCUT2D eigenvalue weighted by molar-refractivity contribution is 5.89. The standard InChI is InChI=1S/C20H24N2O.C4H4O4/c1-21-13-12-18(23)22-14-17-19(15-8-4-2-5-9-15)20(17)16-10-6-3-7-11-16;5-3(6)1-2-4(7)8/h2-11,17,19-21H,12-14H2,1H3,(H,22,23);1-2H,(H,5,6)(H,7,8)/b;2-1+. The number of carboxylic acid groups (broad SMARTS) is 2. The summed E-state index contributed by atoms with van der Waals surface area (Å²) in [6.45, 7) is 1.47. The zero-order valence-electron chi connectivity index (χ0n) is 17.4. The number of nitrogens with one attached hydrogen (secondary N) is 2. The first kappa shape index (κ1) is 23.8. The Morgan fingerprint density at radius 3 is 1.68 bits per heavy atom. The zero-order valence-corrected chi connectivity index (χ0v) is 17.4. The molecule has 2 unspecified atom stereocenters. The van der Waals surface area contributed by atoms with E-state index >= 15 is 0 Å². The molecule has 0 bridgehead atoms. The third-order valence-corrected chi connectivity index (χ3v) is 5.04. The van der Waals surface area contributed by atoms with E-state index in [0.717, 1.165) is 13.1 Å². The molecule has 7 nitrogen and oxygen atoms in total. The van der Waals surface area contributed by atoms with Gasteiger partial charge in [-0.15, -0.1) is 0 Å². The van der Waals surface area contributed by atoms with Crippen molar-refractivity contribution in [1.29, 1.82) is 0 Å². The molecule has 2 atom stereocenters. The van der Waals surface area contributed by atoms with Crippen LogP contribution >= 0.6 is 0 Å². The van der Waals surface area contributed by atoms with Crippen molar-refractivity contribution >= 4 is 17.8 Å². The Morgan fingerprint density at radius 1 is 0.839 bits per heavy atom. The highest BCUT2D eigenvalue weighted by atomic mass is 16.4. The molecule has 1 fully saturated rings. The molecule has 2 aromatic rings. The highest BCUT2D eigenvalue weighted by Gasteiger charge is 2.51. The molecular formula is C24H28N2O5. The molecule has 0 saturated heterocycles. The van der Waals surface area contributed by atoms with Gasteiger partial charge in [0, 0.05) is 31.7 Å². The lowest BCUT2D eigenvalue weighted by molar-refractivity contribution is -0.134. The Kier molecular flexibility index (Phi) is 9.45. The van der Waals surface area contributed by atoms with Crippen LogP contribution in [0, 0.1) is 5.92 Å². The first-order valence-electron chi connectivity index (χ1n) is 10.1. The normalized spacial score (nSPS) is 19.2. The Labute approximate surface area is 181 Å². The van der Waals surface area contributed by atoms with E-state index in [9.17, 15) is 14.4 Å². The molecular weight excluding hydrogens is 396 g/mol. The first-order valence-corrected chi connectivity index (χ1v) is 10.1. The van der Waals surface area contributed by atoms with Gasteiger partial charge in [0.15, 0.2) is 0 Å². The van der Waals surface area contributed by atoms with E-state index in [1.54, 1.807) is 0 Å². The van der Waals surface area contributed by atoms with Gasteiger partial charge in [-0.3, -0.25) is 4.79 Å². The molecule has 1 saturated carbocycles. The van der Waals surface area contributed by atoms with Crippen LogP contribution in [0.1, 0.15) is 29.4 Å². The number of aliphatic carboxylic acids is 2. The Hall–Kier alpha value is -3.45. The third kappa shape index (κ3) is 8.06. The molecule has 0 radical (unpaired) electrons. The van der Waals surface area contributed by atoms with Crippen LogP contribution in [0.3, 0.4) is 0 Å². The van der Waals surface area contributed by atoms with E-state index in [0.29, 0.717) is 36.3 Å². The SMILES string of the molecule is CNCCC(=O)NCC1C(c2ccccc2)C1c1ccccc1.O=C(O)/C=C/C(=O)O. The molecule has 31 heavy (non-hydrogen) atoms. The summed E-state index contributed by atoms with van der Waals surface area (Å²) in [5, 5.41) is 21.7. The maximum atomic E-state index is 11.9. The van der Waals surface area contributed by atoms with Crippen molar-refractivity contribution in [1.82, 2.24) is 10.6 Å². The topological polar surface area (TPSA) is 116 Å². The number of rotatable bonds is 9. The predicted octanol–water partition coefficient (Wildman–Crippen LogP) is 2.62. The zero-order chi connectivity index (χ0) is 22.6. The molecule has 3 rings (SSSR count). The smallest absolute Gasteiger partial charge is 0.328 e. The van der Waals surface area contributed by atoms with Crippen molar-refractivity contribution in [2.45, 2.75) is 18.3 Å². The molecule has 164 valence electrons. The van der Waals surface area contributed by atoms with Gasteiger partial charge in [-0.2, -0.15) is 0 Å². The molecule has 0 aromatic heterocycles. The summed E-state index contributed by atoms with van der Waals surface area (Å²) in [6.07, 6.45) is 1.65. The summed E-state index contributed by atoms with van der Waals surface area (Å²) in [7, 11) is 1.87. The van der Waals surface area contributed by atoms with Crippen LogP contribution in [0.15, 0.2) is 72.8 Å². The summed E-state index contributed by atoms with van der Waals surface area (Å²) in [5.74, 6) is -0.894. The van der Waals surface area contributed by atoms with E-state index in [-0.39, 0.29) is 5.91 Å². The van der Waals surface area contributed by atoms with E-state index in [1.165, 1.54) is 11.1 Å². The predicted molar refractivity (Wildman–Crippen MR) is 118 cm³/mol. The van der Waals surface area contributed by atoms with E-state index in [4.69, 9.17) is 10.2 Å². The minimum atomic E-state index is -1.26. The van der Waals surface area contributed by atoms with Crippen molar-refractivity contribution in [2.75, 3.05) is 20.1 Å². The second-order valence-electron chi connectivity index (χ2n) is 7.20. The summed E-state index contributed by atoms with van der Waals surface area (Å²) >= 11 is 0. The average Bonchev–Trinajstić information content (AvgIpc) is 3.51. The summed E-state index contributed by atoms with van der Waals surface area (Å²) in [4.78, 5) is 31.0. The quantitative estimate of drug-likeness (QED) is 0.460. The minimum absolute atomic E-state index is 0.130. The largest absolute Gasteiger partial charge is 0.478 e. The molecule has 0 aliphatic heterocycles. The average molecular weight is 424 g/mol. The van der Waals surface area contributed by atoms with Gasteiger partial charge in [-0.1, -0.05) is 60.7 Å². The molecule has 1 amide bonds. The van der Waals surface area contributed by atoms with Crippen LogP contribution in [0.5, 0.6) is 0 Å². The van der Waals surface area contributed by atoms with Crippen molar-refractivity contribution in [3.63, 3.8) is 0 Å².